The fourth-order valence-corrected chi connectivity index (χ4v) is 2.72. The number of ether oxygens (including phenoxy) is 2. The minimum Gasteiger partial charge on any atom is -0.484 e. The molecular weight excluding hydrogens is 318 g/mol. The summed E-state index contributed by atoms with van der Waals surface area (Å²) in [6, 6.07) is 5.28. The lowest BCUT2D eigenvalue weighted by Gasteiger charge is -2.31. The number of piperidine rings is 1. The lowest BCUT2D eigenvalue weighted by atomic mass is 9.98. The molecule has 6 heteroatoms. The van der Waals surface area contributed by atoms with E-state index in [1.165, 1.54) is 0 Å². The minimum atomic E-state index is -0.231. The van der Waals surface area contributed by atoms with E-state index in [1.807, 2.05) is 6.92 Å². The number of likely N-dealkylation sites (tertiary alicyclic amines) is 1. The molecule has 0 saturated carbocycles. The zero-order valence-corrected chi connectivity index (χ0v) is 14.3. The van der Waals surface area contributed by atoms with Crippen LogP contribution in [0.15, 0.2) is 18.2 Å². The van der Waals surface area contributed by atoms with Crippen molar-refractivity contribution in [1.29, 1.82) is 0 Å². The molecule has 1 aromatic carbocycles. The molecule has 1 aromatic rings. The predicted octanol–water partition coefficient (Wildman–Crippen LogP) is 2.83. The predicted molar refractivity (Wildman–Crippen MR) is 87.6 cm³/mol. The van der Waals surface area contributed by atoms with Crippen LogP contribution < -0.4 is 4.74 Å². The van der Waals surface area contributed by atoms with Crippen LogP contribution in [0.1, 0.15) is 25.3 Å². The number of nitrogens with zero attached hydrogens (tertiary/aromatic N) is 1. The maximum atomic E-state index is 12.3. The summed E-state index contributed by atoms with van der Waals surface area (Å²) < 4.78 is 10.6. The Morgan fingerprint density at radius 2 is 2.17 bits per heavy atom. The summed E-state index contributed by atoms with van der Waals surface area (Å²) in [4.78, 5) is 25.8. The van der Waals surface area contributed by atoms with Crippen molar-refractivity contribution >= 4 is 23.5 Å². The van der Waals surface area contributed by atoms with Gasteiger partial charge in [-0.05, 0) is 50.5 Å². The molecule has 126 valence electrons. The summed E-state index contributed by atoms with van der Waals surface area (Å²) in [5.74, 6) is 0.0375. The third kappa shape index (κ3) is 4.86. The highest BCUT2D eigenvalue weighted by Crippen LogP contribution is 2.22. The molecule has 0 spiro atoms. The van der Waals surface area contributed by atoms with E-state index in [0.717, 1.165) is 18.4 Å². The van der Waals surface area contributed by atoms with Gasteiger partial charge in [0.05, 0.1) is 12.5 Å². The molecule has 2 rings (SSSR count). The maximum Gasteiger partial charge on any atom is 0.310 e. The molecule has 1 atom stereocenters. The van der Waals surface area contributed by atoms with Crippen LogP contribution in [0, 0.1) is 12.8 Å². The molecule has 1 heterocycles. The minimum absolute atomic E-state index is 0.0450. The number of halogens is 1. The van der Waals surface area contributed by atoms with Crippen molar-refractivity contribution < 1.29 is 19.1 Å². The Morgan fingerprint density at radius 1 is 1.39 bits per heavy atom. The molecular formula is C17H22ClNO4. The normalized spacial score (nSPS) is 17.7. The number of amides is 1. The summed E-state index contributed by atoms with van der Waals surface area (Å²) in [6.45, 7) is 5.04. The number of carbonyl (C=O) groups is 2. The Labute approximate surface area is 141 Å². The number of esters is 1. The zero-order chi connectivity index (χ0) is 16.8. The first kappa shape index (κ1) is 17.6. The quantitative estimate of drug-likeness (QED) is 0.774. The zero-order valence-electron chi connectivity index (χ0n) is 13.5. The van der Waals surface area contributed by atoms with E-state index in [0.29, 0.717) is 30.5 Å². The van der Waals surface area contributed by atoms with Crippen LogP contribution in [-0.4, -0.2) is 43.1 Å². The third-order valence-electron chi connectivity index (χ3n) is 3.89. The molecule has 5 nitrogen and oxygen atoms in total. The van der Waals surface area contributed by atoms with Crippen molar-refractivity contribution in [2.45, 2.75) is 26.7 Å². The topological polar surface area (TPSA) is 55.8 Å². The number of rotatable bonds is 5. The molecule has 0 unspecified atom stereocenters. The van der Waals surface area contributed by atoms with E-state index in [1.54, 1.807) is 30.0 Å². The number of carbonyl (C=O) groups excluding carboxylic acids is 2. The van der Waals surface area contributed by atoms with Crippen LogP contribution in [0.25, 0.3) is 0 Å². The van der Waals surface area contributed by atoms with Gasteiger partial charge in [-0.3, -0.25) is 9.59 Å². The van der Waals surface area contributed by atoms with Gasteiger partial charge in [0, 0.05) is 18.1 Å². The van der Waals surface area contributed by atoms with Crippen LogP contribution in [0.3, 0.4) is 0 Å². The number of benzene rings is 1. The number of hydrogen-bond donors (Lipinski definition) is 0. The summed E-state index contributed by atoms with van der Waals surface area (Å²) in [5.41, 5.74) is 0.900. The fraction of sp³-hybridized carbons (Fsp3) is 0.529. The van der Waals surface area contributed by atoms with E-state index in [9.17, 15) is 9.59 Å². The molecule has 1 aliphatic rings. The largest absolute Gasteiger partial charge is 0.484 e. The van der Waals surface area contributed by atoms with Gasteiger partial charge in [0.2, 0.25) is 0 Å². The van der Waals surface area contributed by atoms with Crippen molar-refractivity contribution in [2.24, 2.45) is 5.92 Å². The Balaban J connectivity index is 1.87. The lowest BCUT2D eigenvalue weighted by Crippen LogP contribution is -2.44. The summed E-state index contributed by atoms with van der Waals surface area (Å²) in [5, 5.41) is 0.664. The molecule has 23 heavy (non-hydrogen) atoms. The van der Waals surface area contributed by atoms with Gasteiger partial charge in [-0.1, -0.05) is 11.6 Å². The van der Waals surface area contributed by atoms with Crippen molar-refractivity contribution in [3.05, 3.63) is 28.8 Å². The first-order valence-electron chi connectivity index (χ1n) is 7.84. The van der Waals surface area contributed by atoms with Crippen molar-refractivity contribution in [3.63, 3.8) is 0 Å². The van der Waals surface area contributed by atoms with Crippen molar-refractivity contribution in [1.82, 2.24) is 4.90 Å². The van der Waals surface area contributed by atoms with Gasteiger partial charge in [-0.25, -0.2) is 0 Å². The highest BCUT2D eigenvalue weighted by atomic mass is 35.5. The highest BCUT2D eigenvalue weighted by molar-refractivity contribution is 6.31. The molecule has 1 fully saturated rings. The van der Waals surface area contributed by atoms with Gasteiger partial charge in [0.15, 0.2) is 6.61 Å². The van der Waals surface area contributed by atoms with Crippen molar-refractivity contribution in [2.75, 3.05) is 26.3 Å². The van der Waals surface area contributed by atoms with E-state index in [-0.39, 0.29) is 24.4 Å². The average Bonchev–Trinajstić information content (AvgIpc) is 2.56. The smallest absolute Gasteiger partial charge is 0.310 e. The molecule has 1 saturated heterocycles. The average molecular weight is 340 g/mol. The SMILES string of the molecule is CCOC(=O)[C@@H]1CCCN(C(=O)COc2ccc(Cl)c(C)c2)C1. The maximum absolute atomic E-state index is 12.3. The van der Waals surface area contributed by atoms with Crippen LogP contribution in [0.2, 0.25) is 5.02 Å². The van der Waals surface area contributed by atoms with Crippen LogP contribution in [-0.2, 0) is 14.3 Å². The van der Waals surface area contributed by atoms with Crippen LogP contribution in [0.5, 0.6) is 5.75 Å². The van der Waals surface area contributed by atoms with E-state index < -0.39 is 0 Å². The second-order valence-corrected chi connectivity index (χ2v) is 6.04. The second kappa shape index (κ2) is 8.20. The Morgan fingerprint density at radius 3 is 2.87 bits per heavy atom. The van der Waals surface area contributed by atoms with Gasteiger partial charge in [0.1, 0.15) is 5.75 Å². The Bertz CT molecular complexity index is 576. The lowest BCUT2D eigenvalue weighted by molar-refractivity contribution is -0.151. The Hall–Kier alpha value is -1.75. The van der Waals surface area contributed by atoms with Crippen LogP contribution in [0.4, 0.5) is 0 Å². The Kier molecular flexibility index (Phi) is 6.28. The second-order valence-electron chi connectivity index (χ2n) is 5.63. The standard InChI is InChI=1S/C17H22ClNO4/c1-3-22-17(21)13-5-4-8-19(10-13)16(20)11-23-14-6-7-15(18)12(2)9-14/h6-7,9,13H,3-5,8,10-11H2,1-2H3/t13-/m1/s1. The van der Waals surface area contributed by atoms with E-state index in [2.05, 4.69) is 0 Å². The highest BCUT2D eigenvalue weighted by Gasteiger charge is 2.29. The molecule has 0 aromatic heterocycles. The monoisotopic (exact) mass is 339 g/mol. The third-order valence-corrected chi connectivity index (χ3v) is 4.31. The van der Waals surface area contributed by atoms with Gasteiger partial charge < -0.3 is 14.4 Å². The number of aryl methyl sites for hydroxylation is 1. The summed E-state index contributed by atoms with van der Waals surface area (Å²) in [6.07, 6.45) is 1.56. The number of hydrogen-bond acceptors (Lipinski definition) is 4. The molecule has 1 amide bonds. The fourth-order valence-electron chi connectivity index (χ4n) is 2.60. The van der Waals surface area contributed by atoms with Gasteiger partial charge in [-0.15, -0.1) is 0 Å². The first-order valence-corrected chi connectivity index (χ1v) is 8.22. The van der Waals surface area contributed by atoms with Crippen LogP contribution >= 0.6 is 11.6 Å². The molecule has 1 aliphatic heterocycles. The summed E-state index contributed by atoms with van der Waals surface area (Å²) >= 11 is 5.96. The van der Waals surface area contributed by atoms with E-state index >= 15 is 0 Å². The molecule has 0 aliphatic carbocycles. The van der Waals surface area contributed by atoms with E-state index in [4.69, 9.17) is 21.1 Å². The molecule has 0 radical (unpaired) electrons. The molecule has 0 N–H and O–H groups in total. The first-order chi connectivity index (χ1) is 11.0. The summed E-state index contributed by atoms with van der Waals surface area (Å²) in [7, 11) is 0. The van der Waals surface area contributed by atoms with Gasteiger partial charge in [0.25, 0.3) is 5.91 Å². The van der Waals surface area contributed by atoms with Gasteiger partial charge in [-0.2, -0.15) is 0 Å². The van der Waals surface area contributed by atoms with Gasteiger partial charge >= 0.3 is 5.97 Å². The van der Waals surface area contributed by atoms with Crippen molar-refractivity contribution in [3.8, 4) is 5.75 Å². The molecule has 0 bridgehead atoms.